The topological polar surface area (TPSA) is 77.3 Å². The van der Waals surface area contributed by atoms with Gasteiger partial charge >= 0.3 is 0 Å². The Balaban J connectivity index is 0.000000115. The van der Waals surface area contributed by atoms with Crippen LogP contribution in [-0.4, -0.2) is 29.9 Å². The fourth-order valence-corrected chi connectivity index (χ4v) is 15.2. The van der Waals surface area contributed by atoms with Crippen LogP contribution in [0.2, 0.25) is 0 Å². The molecule has 21 aromatic rings. The third kappa shape index (κ3) is 15.1. The molecule has 5 heterocycles. The summed E-state index contributed by atoms with van der Waals surface area (Å²) in [7, 11) is 0. The van der Waals surface area contributed by atoms with Crippen molar-refractivity contribution in [2.24, 2.45) is 0 Å². The van der Waals surface area contributed by atoms with Crippen molar-refractivity contribution in [1.82, 2.24) is 29.9 Å². The fraction of sp³-hybridized carbons (Fsp3) is 0. The monoisotopic (exact) mass is 1450 g/mol. The first-order valence-corrected chi connectivity index (χ1v) is 38.5. The van der Waals surface area contributed by atoms with E-state index in [1.807, 2.05) is 42.9 Å². The predicted octanol–water partition coefficient (Wildman–Crippen LogP) is 28.4. The van der Waals surface area contributed by atoms with Crippen LogP contribution in [-0.2, 0) is 0 Å². The van der Waals surface area contributed by atoms with Gasteiger partial charge in [0.15, 0.2) is 5.82 Å². The van der Waals surface area contributed by atoms with E-state index in [-0.39, 0.29) is 0 Å². The molecule has 0 aliphatic rings. The van der Waals surface area contributed by atoms with Gasteiger partial charge in [-0.15, -0.1) is 0 Å². The minimum absolute atomic E-state index is 0.726. The number of nitrogens with zero attached hydrogens (tertiary/aromatic N) is 6. The van der Waals surface area contributed by atoms with E-state index in [1.165, 1.54) is 81.3 Å². The van der Waals surface area contributed by atoms with E-state index in [0.717, 1.165) is 118 Å². The molecule has 0 saturated carbocycles. The van der Waals surface area contributed by atoms with Gasteiger partial charge in [0.05, 0.1) is 34.2 Å². The number of hydrogen-bond donors (Lipinski definition) is 0. The highest BCUT2D eigenvalue weighted by molar-refractivity contribution is 5.95. The first-order chi connectivity index (χ1) is 56.4. The quantitative estimate of drug-likeness (QED) is 0.121. The summed E-state index contributed by atoms with van der Waals surface area (Å²) in [6, 6.07) is 146. The summed E-state index contributed by atoms with van der Waals surface area (Å²) >= 11 is 0. The zero-order valence-electron chi connectivity index (χ0n) is 62.3. The SMILES string of the molecule is c1ccc(-c2ccc(-c3cc(-c4ccc5ccccc5c4)nc(-c4ccc5ccccc5c4)n3)cc2)cc1.c1ccc2cc(-c3cc(-c4ccc(-c5ccncc5)cc4)cc(-c4ccc5ccccc5c4)n3)ccc2c1.c1cncc(-c2ccc(-c3cc(-c4ccc5ccccc5c4)nc(-c4ccc5ccccc5c4)c3)cc2)c1. The third-order valence-corrected chi connectivity index (χ3v) is 21.3. The Kier molecular flexibility index (Phi) is 19.1. The zero-order chi connectivity index (χ0) is 75.9. The first-order valence-electron chi connectivity index (χ1n) is 38.5. The van der Waals surface area contributed by atoms with E-state index in [2.05, 4.69) is 398 Å². The first kappa shape index (κ1) is 69.2. The van der Waals surface area contributed by atoms with Crippen molar-refractivity contribution in [2.45, 2.75) is 0 Å². The van der Waals surface area contributed by atoms with Crippen LogP contribution >= 0.6 is 0 Å². The molecular weight excluding hydrogens is 1380 g/mol. The zero-order valence-corrected chi connectivity index (χ0v) is 62.3. The molecule has 0 bridgehead atoms. The molecule has 0 radical (unpaired) electrons. The second-order valence-electron chi connectivity index (χ2n) is 28.7. The van der Waals surface area contributed by atoms with Crippen LogP contribution in [0.4, 0.5) is 0 Å². The Labute approximate surface area is 662 Å². The molecular formula is C108H72N6. The van der Waals surface area contributed by atoms with E-state index in [1.54, 1.807) is 6.20 Å². The van der Waals surface area contributed by atoms with E-state index >= 15 is 0 Å². The standard InChI is InChI=1S/3C36H24N2/c1-3-8-29-20-31(17-15-25(29)6-1)35-22-34(28-13-11-27(12-14-28)33-10-5-19-37-24-33)23-36(38-35)32-18-16-26-7-2-4-9-30(26)21-32;1-3-7-30-21-32(15-13-25(30)5-1)35-23-34(28-11-9-27(10-12-28)29-17-19-37-20-18-29)24-36(38-35)33-16-14-26-6-2-4-8-31(26)22-33;1-2-8-25(9-3-1)28-14-18-29(19-15-28)34-24-35(32-20-16-26-10-4-6-12-30(26)22-32)38-36(37-34)33-21-17-27-11-5-7-13-31(27)23-33/h3*1-24H. The van der Waals surface area contributed by atoms with E-state index in [4.69, 9.17) is 19.9 Å². The summed E-state index contributed by atoms with van der Waals surface area (Å²) in [5.74, 6) is 0.726. The summed E-state index contributed by atoms with van der Waals surface area (Å²) in [6.45, 7) is 0. The van der Waals surface area contributed by atoms with Gasteiger partial charge in [-0.2, -0.15) is 0 Å². The van der Waals surface area contributed by atoms with Gasteiger partial charge in [0.25, 0.3) is 0 Å². The third-order valence-electron chi connectivity index (χ3n) is 21.3. The normalized spacial score (nSPS) is 11.2. The molecule has 6 nitrogen and oxygen atoms in total. The Bertz CT molecular complexity index is 6100. The van der Waals surface area contributed by atoms with Crippen molar-refractivity contribution in [2.75, 3.05) is 0 Å². The average molecular weight is 1450 g/mol. The van der Waals surface area contributed by atoms with Crippen LogP contribution in [0, 0.1) is 0 Å². The van der Waals surface area contributed by atoms with Crippen LogP contribution < -0.4 is 0 Å². The number of hydrogen-bond acceptors (Lipinski definition) is 6. The number of pyridine rings is 4. The van der Waals surface area contributed by atoms with Gasteiger partial charge < -0.3 is 0 Å². The second kappa shape index (κ2) is 31.4. The molecule has 0 saturated heterocycles. The number of rotatable bonds is 12. The molecule has 6 heteroatoms. The summed E-state index contributed by atoms with van der Waals surface area (Å²) in [5, 5.41) is 14.6. The lowest BCUT2D eigenvalue weighted by molar-refractivity contribution is 1.18. The van der Waals surface area contributed by atoms with Gasteiger partial charge in [0, 0.05) is 63.7 Å². The molecule has 534 valence electrons. The molecule has 0 amide bonds. The molecule has 0 N–H and O–H groups in total. The summed E-state index contributed by atoms with van der Waals surface area (Å²) < 4.78 is 0. The van der Waals surface area contributed by atoms with E-state index in [9.17, 15) is 0 Å². The lowest BCUT2D eigenvalue weighted by atomic mass is 9.96. The van der Waals surface area contributed by atoms with Crippen LogP contribution in [0.3, 0.4) is 0 Å². The lowest BCUT2D eigenvalue weighted by Crippen LogP contribution is -1.96. The summed E-state index contributed by atoms with van der Waals surface area (Å²) in [5.41, 5.74) is 24.9. The lowest BCUT2D eigenvalue weighted by Gasteiger charge is -2.12. The van der Waals surface area contributed by atoms with Crippen molar-refractivity contribution in [3.63, 3.8) is 0 Å². The van der Waals surface area contributed by atoms with Crippen LogP contribution in [0.25, 0.3) is 199 Å². The average Bonchev–Trinajstić information content (AvgIpc) is 0.790. The minimum Gasteiger partial charge on any atom is -0.265 e. The Morgan fingerprint density at radius 3 is 0.711 bits per heavy atom. The largest absolute Gasteiger partial charge is 0.265 e. The van der Waals surface area contributed by atoms with Gasteiger partial charge in [-0.1, -0.05) is 328 Å². The Hall–Kier alpha value is -15.2. The molecule has 0 aliphatic heterocycles. The molecule has 21 rings (SSSR count). The maximum Gasteiger partial charge on any atom is 0.160 e. The molecule has 5 aromatic heterocycles. The van der Waals surface area contributed by atoms with Gasteiger partial charge in [0.2, 0.25) is 0 Å². The number of benzene rings is 16. The van der Waals surface area contributed by atoms with Gasteiger partial charge in [-0.05, 0) is 205 Å². The summed E-state index contributed by atoms with van der Waals surface area (Å²) in [6.07, 6.45) is 7.37. The van der Waals surface area contributed by atoms with Crippen LogP contribution in [0.15, 0.2) is 437 Å². The van der Waals surface area contributed by atoms with E-state index in [0.29, 0.717) is 0 Å². The molecule has 16 aromatic carbocycles. The molecule has 114 heavy (non-hydrogen) atoms. The molecule has 0 fully saturated rings. The van der Waals surface area contributed by atoms with Crippen LogP contribution in [0.5, 0.6) is 0 Å². The van der Waals surface area contributed by atoms with E-state index < -0.39 is 0 Å². The molecule has 0 unspecified atom stereocenters. The molecule has 0 spiro atoms. The van der Waals surface area contributed by atoms with Gasteiger partial charge in [-0.3, -0.25) is 9.97 Å². The van der Waals surface area contributed by atoms with Crippen molar-refractivity contribution in [3.8, 4) is 135 Å². The summed E-state index contributed by atoms with van der Waals surface area (Å²) in [4.78, 5) is 28.9. The van der Waals surface area contributed by atoms with Crippen molar-refractivity contribution in [3.05, 3.63) is 437 Å². The van der Waals surface area contributed by atoms with Crippen molar-refractivity contribution >= 4 is 64.6 Å². The predicted molar refractivity (Wildman–Crippen MR) is 476 cm³/mol. The number of fused-ring (bicyclic) bond motifs is 6. The second-order valence-corrected chi connectivity index (χ2v) is 28.7. The maximum atomic E-state index is 5.17. The van der Waals surface area contributed by atoms with Crippen molar-refractivity contribution < 1.29 is 0 Å². The molecule has 0 aliphatic carbocycles. The Morgan fingerprint density at radius 1 is 0.123 bits per heavy atom. The van der Waals surface area contributed by atoms with Crippen molar-refractivity contribution in [1.29, 1.82) is 0 Å². The van der Waals surface area contributed by atoms with Crippen LogP contribution in [0.1, 0.15) is 0 Å². The van der Waals surface area contributed by atoms with Gasteiger partial charge in [0.1, 0.15) is 0 Å². The Morgan fingerprint density at radius 2 is 0.368 bits per heavy atom. The van der Waals surface area contributed by atoms with Gasteiger partial charge in [-0.25, -0.2) is 19.9 Å². The fourth-order valence-electron chi connectivity index (χ4n) is 15.2. The highest BCUT2D eigenvalue weighted by Gasteiger charge is 2.17. The number of aromatic nitrogens is 6. The smallest absolute Gasteiger partial charge is 0.160 e. The minimum atomic E-state index is 0.726. The highest BCUT2D eigenvalue weighted by Crippen LogP contribution is 2.39. The maximum absolute atomic E-state index is 5.17. The molecule has 0 atom stereocenters. The highest BCUT2D eigenvalue weighted by atomic mass is 14.9.